The molecular weight excluding hydrogens is 382 g/mol. The third kappa shape index (κ3) is 4.13. The number of anilines is 2. The molecule has 8 heteroatoms. The summed E-state index contributed by atoms with van der Waals surface area (Å²) in [5.74, 6) is 1.70. The summed E-state index contributed by atoms with van der Waals surface area (Å²) in [6.45, 7) is 3.43. The fourth-order valence-electron chi connectivity index (χ4n) is 3.12. The minimum absolute atomic E-state index is 0.0540. The molecule has 3 aromatic heterocycles. The van der Waals surface area contributed by atoms with Crippen LogP contribution in [0.3, 0.4) is 0 Å². The molecule has 0 fully saturated rings. The number of pyridine rings is 1. The van der Waals surface area contributed by atoms with Crippen LogP contribution in [0.5, 0.6) is 11.5 Å². The maximum atomic E-state index is 11.7. The number of rotatable bonds is 7. The lowest BCUT2D eigenvalue weighted by Crippen LogP contribution is -2.13. The molecule has 0 aliphatic rings. The lowest BCUT2D eigenvalue weighted by molar-refractivity contribution is -0.122. The van der Waals surface area contributed by atoms with Gasteiger partial charge in [-0.05, 0) is 55.8 Å². The molecule has 0 unspecified atom stereocenters. The minimum atomic E-state index is -0.507. The summed E-state index contributed by atoms with van der Waals surface area (Å²) in [4.78, 5) is 24.5. The number of ether oxygens (including phenoxy) is 1. The van der Waals surface area contributed by atoms with E-state index < -0.39 is 6.61 Å². The van der Waals surface area contributed by atoms with E-state index >= 15 is 0 Å². The average Bonchev–Trinajstić information content (AvgIpc) is 3.15. The van der Waals surface area contributed by atoms with Crippen molar-refractivity contribution in [3.05, 3.63) is 66.4 Å². The average molecular weight is 403 g/mol. The molecular formula is C22H21N5O3. The molecule has 0 radical (unpaired) electrons. The quantitative estimate of drug-likeness (QED) is 0.486. The normalized spacial score (nSPS) is 10.9. The zero-order valence-electron chi connectivity index (χ0n) is 16.7. The van der Waals surface area contributed by atoms with Crippen LogP contribution in [0.2, 0.25) is 0 Å². The number of aliphatic hydroxyl groups excluding tert-OH is 1. The standard InChI is InChI=1S/C22H21N5O3/c1-14-9-16(4-6-20(14)30-18-5-3-15(2)23-10-18)26-22-21-19(24-13-25-22)7-8-27(21)11-17(29)12-28/h3-10,13,28H,11-12H2,1-2H3,(H,24,25,26). The molecule has 30 heavy (non-hydrogen) atoms. The molecule has 0 atom stereocenters. The van der Waals surface area contributed by atoms with Gasteiger partial charge in [-0.3, -0.25) is 9.78 Å². The highest BCUT2D eigenvalue weighted by Crippen LogP contribution is 2.29. The van der Waals surface area contributed by atoms with Crippen molar-refractivity contribution in [2.75, 3.05) is 11.9 Å². The van der Waals surface area contributed by atoms with Crippen molar-refractivity contribution in [3.63, 3.8) is 0 Å². The molecule has 0 aliphatic carbocycles. The van der Waals surface area contributed by atoms with Gasteiger partial charge < -0.3 is 19.7 Å². The summed E-state index contributed by atoms with van der Waals surface area (Å²) < 4.78 is 7.65. The Morgan fingerprint density at radius 1 is 1.13 bits per heavy atom. The van der Waals surface area contributed by atoms with Crippen molar-refractivity contribution in [1.82, 2.24) is 19.5 Å². The number of hydrogen-bond acceptors (Lipinski definition) is 7. The fourth-order valence-corrected chi connectivity index (χ4v) is 3.12. The second-order valence-electron chi connectivity index (χ2n) is 6.94. The van der Waals surface area contributed by atoms with Crippen molar-refractivity contribution < 1.29 is 14.6 Å². The van der Waals surface area contributed by atoms with Gasteiger partial charge in [-0.15, -0.1) is 0 Å². The molecule has 3 heterocycles. The third-order valence-electron chi connectivity index (χ3n) is 4.62. The van der Waals surface area contributed by atoms with Gasteiger partial charge in [0.2, 0.25) is 0 Å². The van der Waals surface area contributed by atoms with E-state index in [1.54, 1.807) is 17.0 Å². The lowest BCUT2D eigenvalue weighted by Gasteiger charge is -2.13. The first-order chi connectivity index (χ1) is 14.5. The van der Waals surface area contributed by atoms with Crippen molar-refractivity contribution in [3.8, 4) is 11.5 Å². The Morgan fingerprint density at radius 2 is 2.00 bits per heavy atom. The number of aromatic nitrogens is 4. The first-order valence-electron chi connectivity index (χ1n) is 9.44. The van der Waals surface area contributed by atoms with E-state index in [4.69, 9.17) is 9.84 Å². The first kappa shape index (κ1) is 19.5. The molecule has 0 bridgehead atoms. The van der Waals surface area contributed by atoms with Crippen molar-refractivity contribution in [1.29, 1.82) is 0 Å². The van der Waals surface area contributed by atoms with Crippen LogP contribution in [0.15, 0.2) is 55.1 Å². The maximum Gasteiger partial charge on any atom is 0.177 e. The Balaban J connectivity index is 1.59. The van der Waals surface area contributed by atoms with Gasteiger partial charge in [0.25, 0.3) is 0 Å². The lowest BCUT2D eigenvalue weighted by atomic mass is 10.2. The Labute approximate surface area is 173 Å². The summed E-state index contributed by atoms with van der Waals surface area (Å²) >= 11 is 0. The fraction of sp³-hybridized carbons (Fsp3) is 0.182. The summed E-state index contributed by atoms with van der Waals surface area (Å²) in [7, 11) is 0. The van der Waals surface area contributed by atoms with E-state index in [1.807, 2.05) is 50.2 Å². The number of carbonyl (C=O) groups is 1. The van der Waals surface area contributed by atoms with Crippen LogP contribution in [-0.4, -0.2) is 37.0 Å². The van der Waals surface area contributed by atoms with E-state index in [0.29, 0.717) is 22.6 Å². The molecule has 0 amide bonds. The van der Waals surface area contributed by atoms with E-state index in [2.05, 4.69) is 20.3 Å². The van der Waals surface area contributed by atoms with Gasteiger partial charge in [-0.25, -0.2) is 9.97 Å². The molecule has 0 aliphatic heterocycles. The number of Topliss-reactive ketones (excluding diaryl/α,β-unsaturated/α-hetero) is 1. The minimum Gasteiger partial charge on any atom is -0.455 e. The molecule has 0 spiro atoms. The number of aryl methyl sites for hydroxylation is 2. The highest BCUT2D eigenvalue weighted by Gasteiger charge is 2.12. The number of ketones is 1. The molecule has 2 N–H and O–H groups in total. The van der Waals surface area contributed by atoms with Crippen LogP contribution in [0.1, 0.15) is 11.3 Å². The Kier molecular flexibility index (Phi) is 5.40. The monoisotopic (exact) mass is 403 g/mol. The Hall–Kier alpha value is -3.78. The summed E-state index contributed by atoms with van der Waals surface area (Å²) in [5, 5.41) is 12.4. The van der Waals surface area contributed by atoms with E-state index in [9.17, 15) is 4.79 Å². The molecule has 4 aromatic rings. The zero-order valence-corrected chi connectivity index (χ0v) is 16.7. The second kappa shape index (κ2) is 8.30. The molecule has 1 aromatic carbocycles. The van der Waals surface area contributed by atoms with Crippen molar-refractivity contribution in [2.45, 2.75) is 20.4 Å². The van der Waals surface area contributed by atoms with Crippen LogP contribution in [0.25, 0.3) is 11.0 Å². The van der Waals surface area contributed by atoms with Gasteiger partial charge in [-0.2, -0.15) is 0 Å². The van der Waals surface area contributed by atoms with E-state index in [0.717, 1.165) is 22.7 Å². The number of nitrogens with zero attached hydrogens (tertiary/aromatic N) is 4. The number of fused-ring (bicyclic) bond motifs is 1. The number of benzene rings is 1. The van der Waals surface area contributed by atoms with Gasteiger partial charge >= 0.3 is 0 Å². The summed E-state index contributed by atoms with van der Waals surface area (Å²) in [5.41, 5.74) is 4.10. The van der Waals surface area contributed by atoms with Crippen LogP contribution >= 0.6 is 0 Å². The molecule has 152 valence electrons. The number of carbonyl (C=O) groups excluding carboxylic acids is 1. The highest BCUT2D eigenvalue weighted by atomic mass is 16.5. The smallest absolute Gasteiger partial charge is 0.177 e. The maximum absolute atomic E-state index is 11.7. The molecule has 8 nitrogen and oxygen atoms in total. The van der Waals surface area contributed by atoms with Gasteiger partial charge in [0.15, 0.2) is 11.6 Å². The third-order valence-corrected chi connectivity index (χ3v) is 4.62. The van der Waals surface area contributed by atoms with Gasteiger partial charge in [0, 0.05) is 17.6 Å². The number of aliphatic hydroxyl groups is 1. The van der Waals surface area contributed by atoms with Gasteiger partial charge in [0.1, 0.15) is 29.9 Å². The largest absolute Gasteiger partial charge is 0.455 e. The molecule has 0 saturated heterocycles. The van der Waals surface area contributed by atoms with Crippen molar-refractivity contribution >= 4 is 28.3 Å². The van der Waals surface area contributed by atoms with Gasteiger partial charge in [-0.1, -0.05) is 0 Å². The van der Waals surface area contributed by atoms with Crippen LogP contribution < -0.4 is 10.1 Å². The predicted molar refractivity (Wildman–Crippen MR) is 113 cm³/mol. The topological polar surface area (TPSA) is 102 Å². The second-order valence-corrected chi connectivity index (χ2v) is 6.94. The predicted octanol–water partition coefficient (Wildman–Crippen LogP) is 3.54. The SMILES string of the molecule is Cc1ccc(Oc2ccc(Nc3ncnc4ccn(CC(=O)CO)c34)cc2C)cn1. The van der Waals surface area contributed by atoms with E-state index in [1.165, 1.54) is 6.33 Å². The summed E-state index contributed by atoms with van der Waals surface area (Å²) in [6.07, 6.45) is 4.92. The van der Waals surface area contributed by atoms with Crippen LogP contribution in [0.4, 0.5) is 11.5 Å². The van der Waals surface area contributed by atoms with Crippen LogP contribution in [0, 0.1) is 13.8 Å². The zero-order chi connectivity index (χ0) is 21.1. The summed E-state index contributed by atoms with van der Waals surface area (Å²) in [6, 6.07) is 11.3. The number of hydrogen-bond donors (Lipinski definition) is 2. The Morgan fingerprint density at radius 3 is 2.73 bits per heavy atom. The highest BCUT2D eigenvalue weighted by molar-refractivity contribution is 5.90. The van der Waals surface area contributed by atoms with E-state index in [-0.39, 0.29) is 12.3 Å². The molecule has 0 saturated carbocycles. The van der Waals surface area contributed by atoms with Crippen molar-refractivity contribution in [2.24, 2.45) is 0 Å². The number of nitrogens with one attached hydrogen (secondary N) is 1. The Bertz CT molecular complexity index is 1200. The molecule has 4 rings (SSSR count). The van der Waals surface area contributed by atoms with Gasteiger partial charge in [0.05, 0.1) is 18.3 Å². The van der Waals surface area contributed by atoms with Crippen LogP contribution in [-0.2, 0) is 11.3 Å². The first-order valence-corrected chi connectivity index (χ1v) is 9.44.